The Bertz CT molecular complexity index is 445. The van der Waals surface area contributed by atoms with E-state index in [2.05, 4.69) is 10.2 Å². The number of ether oxygens (including phenoxy) is 1. The normalized spacial score (nSPS) is 11.9. The molecule has 0 radical (unpaired) electrons. The fourth-order valence-electron chi connectivity index (χ4n) is 2.09. The van der Waals surface area contributed by atoms with Crippen LogP contribution in [0.2, 0.25) is 0 Å². The van der Waals surface area contributed by atoms with Crippen LogP contribution in [0.4, 0.5) is 0 Å². The number of nitrogens with one attached hydrogen (secondary N) is 1. The number of rotatable bonds is 16. The van der Waals surface area contributed by atoms with Crippen LogP contribution in [0, 0.1) is 10.1 Å². The van der Waals surface area contributed by atoms with Crippen molar-refractivity contribution in [1.29, 1.82) is 0 Å². The van der Waals surface area contributed by atoms with Crippen LogP contribution in [0.5, 0.6) is 0 Å². The van der Waals surface area contributed by atoms with Crippen molar-refractivity contribution in [3.8, 4) is 0 Å². The number of carbonyl (C=O) groups is 2. The van der Waals surface area contributed by atoms with Crippen molar-refractivity contribution in [3.05, 3.63) is 22.3 Å². The van der Waals surface area contributed by atoms with E-state index in [1.165, 1.54) is 0 Å². The van der Waals surface area contributed by atoms with Gasteiger partial charge in [0.25, 0.3) is 5.09 Å². The molecule has 1 N–H and O–H groups in total. The van der Waals surface area contributed by atoms with Gasteiger partial charge < -0.3 is 14.9 Å². The molecular formula is C17H30N2O6S. The summed E-state index contributed by atoms with van der Waals surface area (Å²) in [4.78, 5) is 38.3. The molecule has 0 aliphatic carbocycles. The zero-order valence-corrected chi connectivity index (χ0v) is 16.4. The molecule has 1 amide bonds. The van der Waals surface area contributed by atoms with E-state index < -0.39 is 17.1 Å². The lowest BCUT2D eigenvalue weighted by molar-refractivity contribution is -0.757. The molecule has 1 atom stereocenters. The number of thioether (sulfide) groups is 1. The van der Waals surface area contributed by atoms with Crippen LogP contribution in [0.1, 0.15) is 51.9 Å². The number of allylic oxidation sites excluding steroid dienone is 2. The number of carbonyl (C=O) groups excluding carboxylic acids is 2. The molecule has 0 bridgehead atoms. The molecule has 0 spiro atoms. The van der Waals surface area contributed by atoms with Gasteiger partial charge in [0.05, 0.1) is 13.2 Å². The summed E-state index contributed by atoms with van der Waals surface area (Å²) in [6.45, 7) is 2.20. The van der Waals surface area contributed by atoms with Crippen molar-refractivity contribution < 1.29 is 24.3 Å². The Morgan fingerprint density at radius 3 is 2.62 bits per heavy atom. The highest BCUT2D eigenvalue weighted by Crippen LogP contribution is 2.06. The Hall–Kier alpha value is -1.77. The Kier molecular flexibility index (Phi) is 15.5. The lowest BCUT2D eigenvalue weighted by Gasteiger charge is -2.17. The minimum absolute atomic E-state index is 0.0422. The molecular weight excluding hydrogens is 360 g/mol. The molecule has 0 heterocycles. The number of esters is 1. The maximum absolute atomic E-state index is 12.2. The highest BCUT2D eigenvalue weighted by atomic mass is 32.2. The van der Waals surface area contributed by atoms with Crippen LogP contribution in [-0.2, 0) is 19.2 Å². The van der Waals surface area contributed by atoms with Crippen molar-refractivity contribution in [2.24, 2.45) is 0 Å². The summed E-state index contributed by atoms with van der Waals surface area (Å²) in [5.41, 5.74) is 0. The summed E-state index contributed by atoms with van der Waals surface area (Å²) in [7, 11) is 0. The first-order valence-electron chi connectivity index (χ1n) is 8.84. The van der Waals surface area contributed by atoms with Gasteiger partial charge in [0.2, 0.25) is 5.91 Å². The molecule has 0 fully saturated rings. The van der Waals surface area contributed by atoms with E-state index in [1.807, 2.05) is 25.3 Å². The topological polar surface area (TPSA) is 108 Å². The predicted molar refractivity (Wildman–Crippen MR) is 101 cm³/mol. The molecule has 0 rings (SSSR count). The third kappa shape index (κ3) is 14.6. The molecule has 9 heteroatoms. The van der Waals surface area contributed by atoms with Crippen LogP contribution in [0.3, 0.4) is 0 Å². The van der Waals surface area contributed by atoms with Gasteiger partial charge in [-0.05, 0) is 57.5 Å². The molecule has 0 saturated carbocycles. The number of unbranched alkanes of at least 4 members (excludes halogenated alkanes) is 3. The van der Waals surface area contributed by atoms with E-state index in [4.69, 9.17) is 4.74 Å². The average Bonchev–Trinajstić information content (AvgIpc) is 2.61. The van der Waals surface area contributed by atoms with Crippen LogP contribution >= 0.6 is 11.8 Å². The quantitative estimate of drug-likeness (QED) is 0.142. The summed E-state index contributed by atoms with van der Waals surface area (Å²) < 4.78 is 5.22. The van der Waals surface area contributed by atoms with Crippen molar-refractivity contribution >= 4 is 23.6 Å². The molecule has 0 aromatic heterocycles. The number of hydrogen-bond donors (Lipinski definition) is 1. The second-order valence-corrected chi connectivity index (χ2v) is 6.63. The SMILES string of the molecule is C/C=C\CCCC(=O)NC(CCSC)C(=O)OCCCCCO[N+](=O)[O-]. The van der Waals surface area contributed by atoms with E-state index in [0.29, 0.717) is 32.1 Å². The smallest absolute Gasteiger partial charge is 0.328 e. The van der Waals surface area contributed by atoms with Crippen molar-refractivity contribution in [2.45, 2.75) is 57.9 Å². The summed E-state index contributed by atoms with van der Waals surface area (Å²) in [6, 6.07) is -0.630. The van der Waals surface area contributed by atoms with Crippen LogP contribution < -0.4 is 5.32 Å². The molecule has 150 valence electrons. The Labute approximate surface area is 159 Å². The van der Waals surface area contributed by atoms with E-state index >= 15 is 0 Å². The van der Waals surface area contributed by atoms with Gasteiger partial charge in [-0.25, -0.2) is 4.79 Å². The molecule has 0 aromatic carbocycles. The minimum atomic E-state index is -0.822. The van der Waals surface area contributed by atoms with E-state index in [0.717, 1.165) is 18.6 Å². The third-order valence-electron chi connectivity index (χ3n) is 3.47. The first kappa shape index (κ1) is 24.2. The zero-order chi connectivity index (χ0) is 19.6. The average molecular weight is 391 g/mol. The van der Waals surface area contributed by atoms with E-state index in [1.54, 1.807) is 11.8 Å². The Morgan fingerprint density at radius 2 is 1.96 bits per heavy atom. The zero-order valence-electron chi connectivity index (χ0n) is 15.6. The van der Waals surface area contributed by atoms with Crippen molar-refractivity contribution in [3.63, 3.8) is 0 Å². The molecule has 0 aliphatic heterocycles. The van der Waals surface area contributed by atoms with Gasteiger partial charge in [-0.1, -0.05) is 12.2 Å². The maximum Gasteiger partial charge on any atom is 0.328 e. The van der Waals surface area contributed by atoms with Gasteiger partial charge in [0.1, 0.15) is 6.04 Å². The highest BCUT2D eigenvalue weighted by Gasteiger charge is 2.21. The largest absolute Gasteiger partial charge is 0.464 e. The lowest BCUT2D eigenvalue weighted by Crippen LogP contribution is -2.42. The lowest BCUT2D eigenvalue weighted by atomic mass is 10.2. The van der Waals surface area contributed by atoms with Gasteiger partial charge in [0.15, 0.2) is 0 Å². The monoisotopic (exact) mass is 390 g/mol. The summed E-state index contributed by atoms with van der Waals surface area (Å²) >= 11 is 1.60. The molecule has 0 aromatic rings. The summed E-state index contributed by atoms with van der Waals surface area (Å²) in [6.07, 6.45) is 10.2. The van der Waals surface area contributed by atoms with E-state index in [9.17, 15) is 19.7 Å². The number of amides is 1. The second kappa shape index (κ2) is 16.7. The van der Waals surface area contributed by atoms with Crippen LogP contribution in [-0.4, -0.2) is 48.2 Å². The van der Waals surface area contributed by atoms with Crippen molar-refractivity contribution in [2.75, 3.05) is 25.2 Å². The Balaban J connectivity index is 4.09. The van der Waals surface area contributed by atoms with Gasteiger partial charge >= 0.3 is 5.97 Å². The van der Waals surface area contributed by atoms with Crippen LogP contribution in [0.25, 0.3) is 0 Å². The third-order valence-corrected chi connectivity index (χ3v) is 4.11. The maximum atomic E-state index is 12.2. The second-order valence-electron chi connectivity index (χ2n) is 5.65. The molecule has 26 heavy (non-hydrogen) atoms. The fourth-order valence-corrected chi connectivity index (χ4v) is 2.56. The minimum Gasteiger partial charge on any atom is -0.464 e. The first-order chi connectivity index (χ1) is 12.5. The number of hydrogen-bond acceptors (Lipinski definition) is 7. The van der Waals surface area contributed by atoms with Crippen molar-refractivity contribution in [1.82, 2.24) is 5.32 Å². The van der Waals surface area contributed by atoms with Gasteiger partial charge in [-0.15, -0.1) is 10.1 Å². The van der Waals surface area contributed by atoms with Gasteiger partial charge in [-0.3, -0.25) is 4.79 Å². The predicted octanol–water partition coefficient (Wildman–Crippen LogP) is 2.89. The Morgan fingerprint density at radius 1 is 1.23 bits per heavy atom. The van der Waals surface area contributed by atoms with Gasteiger partial charge in [-0.2, -0.15) is 11.8 Å². The molecule has 8 nitrogen and oxygen atoms in total. The summed E-state index contributed by atoms with van der Waals surface area (Å²) in [5.74, 6) is 0.175. The first-order valence-corrected chi connectivity index (χ1v) is 10.2. The molecule has 1 unspecified atom stereocenters. The standard InChI is InChI=1S/C17H30N2O6S/c1-3-4-5-7-10-16(20)18-15(11-14-26-2)17(21)24-12-8-6-9-13-25-19(22)23/h3-4,15H,5-14H2,1-2H3,(H,18,20)/b4-3-. The number of nitrogens with zero attached hydrogens (tertiary/aromatic N) is 1. The van der Waals surface area contributed by atoms with E-state index in [-0.39, 0.29) is 19.1 Å². The molecule has 0 aliphatic rings. The fraction of sp³-hybridized carbons (Fsp3) is 0.765. The van der Waals surface area contributed by atoms with Gasteiger partial charge in [0, 0.05) is 6.42 Å². The molecule has 0 saturated heterocycles. The highest BCUT2D eigenvalue weighted by molar-refractivity contribution is 7.98. The summed E-state index contributed by atoms with van der Waals surface area (Å²) in [5, 5.41) is 11.9. The van der Waals surface area contributed by atoms with Crippen LogP contribution in [0.15, 0.2) is 12.2 Å².